The molecule has 5 heteroatoms. The second-order valence-electron chi connectivity index (χ2n) is 5.65. The third-order valence-electron chi connectivity index (χ3n) is 4.38. The van der Waals surface area contributed by atoms with Crippen LogP contribution >= 0.6 is 0 Å². The van der Waals surface area contributed by atoms with Gasteiger partial charge in [0, 0.05) is 19.2 Å². The molecule has 1 atom stereocenters. The van der Waals surface area contributed by atoms with Crippen LogP contribution in [0.25, 0.3) is 11.1 Å². The van der Waals surface area contributed by atoms with Gasteiger partial charge in [0.15, 0.2) is 5.58 Å². The van der Waals surface area contributed by atoms with Crippen molar-refractivity contribution in [2.75, 3.05) is 24.6 Å². The van der Waals surface area contributed by atoms with Crippen LogP contribution in [0.15, 0.2) is 22.6 Å². The fraction of sp³-hybridized carbons (Fsp3) is 0.533. The van der Waals surface area contributed by atoms with Crippen molar-refractivity contribution < 1.29 is 13.5 Å². The summed E-state index contributed by atoms with van der Waals surface area (Å²) in [6, 6.07) is 5.03. The SMILES string of the molecule is Fc1ccc2nc(N3CCO[C@H](C4CCC4)C3)oc2c1. The van der Waals surface area contributed by atoms with E-state index >= 15 is 0 Å². The number of aromatic nitrogens is 1. The molecule has 2 fully saturated rings. The van der Waals surface area contributed by atoms with Crippen LogP contribution < -0.4 is 4.90 Å². The minimum Gasteiger partial charge on any atom is -0.423 e. The molecule has 0 radical (unpaired) electrons. The number of hydrogen-bond donors (Lipinski definition) is 0. The van der Waals surface area contributed by atoms with Crippen LogP contribution in [0.5, 0.6) is 0 Å². The minimum absolute atomic E-state index is 0.282. The zero-order valence-electron chi connectivity index (χ0n) is 11.2. The van der Waals surface area contributed by atoms with Crippen molar-refractivity contribution in [1.82, 2.24) is 4.98 Å². The molecule has 0 amide bonds. The van der Waals surface area contributed by atoms with Crippen molar-refractivity contribution in [3.05, 3.63) is 24.0 Å². The normalized spacial score (nSPS) is 24.1. The predicted octanol–water partition coefficient (Wildman–Crippen LogP) is 2.97. The van der Waals surface area contributed by atoms with Crippen molar-refractivity contribution in [3.63, 3.8) is 0 Å². The molecular formula is C15H17FN2O2. The summed E-state index contributed by atoms with van der Waals surface area (Å²) in [5, 5.41) is 0. The van der Waals surface area contributed by atoms with Gasteiger partial charge in [-0.1, -0.05) is 6.42 Å². The van der Waals surface area contributed by atoms with Crippen LogP contribution in [-0.4, -0.2) is 30.8 Å². The van der Waals surface area contributed by atoms with E-state index in [-0.39, 0.29) is 11.9 Å². The molecule has 2 aliphatic rings. The summed E-state index contributed by atoms with van der Waals surface area (Å²) in [6.45, 7) is 2.30. The maximum atomic E-state index is 13.2. The molecular weight excluding hydrogens is 259 g/mol. The first-order chi connectivity index (χ1) is 9.79. The molecule has 0 bridgehead atoms. The zero-order valence-corrected chi connectivity index (χ0v) is 11.2. The van der Waals surface area contributed by atoms with Crippen LogP contribution in [0.3, 0.4) is 0 Å². The van der Waals surface area contributed by atoms with E-state index in [4.69, 9.17) is 9.15 Å². The first-order valence-corrected chi connectivity index (χ1v) is 7.22. The predicted molar refractivity (Wildman–Crippen MR) is 73.3 cm³/mol. The molecule has 1 aromatic carbocycles. The summed E-state index contributed by atoms with van der Waals surface area (Å²) in [4.78, 5) is 6.57. The van der Waals surface area contributed by atoms with Crippen molar-refractivity contribution in [3.8, 4) is 0 Å². The number of hydrogen-bond acceptors (Lipinski definition) is 4. The highest BCUT2D eigenvalue weighted by atomic mass is 19.1. The lowest BCUT2D eigenvalue weighted by atomic mass is 9.80. The molecule has 20 heavy (non-hydrogen) atoms. The lowest BCUT2D eigenvalue weighted by Gasteiger charge is -2.39. The van der Waals surface area contributed by atoms with Crippen LogP contribution in [0.4, 0.5) is 10.4 Å². The van der Waals surface area contributed by atoms with Crippen molar-refractivity contribution >= 4 is 17.1 Å². The Balaban J connectivity index is 1.58. The van der Waals surface area contributed by atoms with Gasteiger partial charge >= 0.3 is 0 Å². The molecule has 0 unspecified atom stereocenters. The fourth-order valence-electron chi connectivity index (χ4n) is 2.97. The van der Waals surface area contributed by atoms with E-state index in [1.165, 1.54) is 31.4 Å². The third-order valence-corrected chi connectivity index (χ3v) is 4.38. The molecule has 0 spiro atoms. The van der Waals surface area contributed by atoms with Crippen molar-refractivity contribution in [2.45, 2.75) is 25.4 Å². The summed E-state index contributed by atoms with van der Waals surface area (Å²) >= 11 is 0. The van der Waals surface area contributed by atoms with Gasteiger partial charge in [0.2, 0.25) is 0 Å². The van der Waals surface area contributed by atoms with Crippen LogP contribution in [0, 0.1) is 11.7 Å². The molecule has 4 rings (SSSR count). The molecule has 4 nitrogen and oxygen atoms in total. The van der Waals surface area contributed by atoms with Crippen LogP contribution in [0.1, 0.15) is 19.3 Å². The van der Waals surface area contributed by atoms with Gasteiger partial charge in [-0.3, -0.25) is 0 Å². The van der Waals surface area contributed by atoms with E-state index < -0.39 is 0 Å². The Morgan fingerprint density at radius 2 is 2.20 bits per heavy atom. The van der Waals surface area contributed by atoms with Crippen LogP contribution in [0.2, 0.25) is 0 Å². The number of anilines is 1. The summed E-state index contributed by atoms with van der Waals surface area (Å²) in [5.41, 5.74) is 1.21. The summed E-state index contributed by atoms with van der Waals surface area (Å²) in [7, 11) is 0. The Hall–Kier alpha value is -1.62. The Kier molecular flexibility index (Phi) is 2.88. The van der Waals surface area contributed by atoms with Gasteiger partial charge in [-0.25, -0.2) is 4.39 Å². The second kappa shape index (κ2) is 4.74. The molecule has 1 aliphatic heterocycles. The highest BCUT2D eigenvalue weighted by molar-refractivity contribution is 5.74. The average Bonchev–Trinajstić information content (AvgIpc) is 2.80. The lowest BCUT2D eigenvalue weighted by Crippen LogP contribution is -2.47. The molecule has 106 valence electrons. The van der Waals surface area contributed by atoms with E-state index in [0.717, 1.165) is 13.1 Å². The van der Waals surface area contributed by atoms with Gasteiger partial charge in [0.25, 0.3) is 6.01 Å². The van der Waals surface area contributed by atoms with E-state index in [0.29, 0.717) is 29.6 Å². The van der Waals surface area contributed by atoms with Gasteiger partial charge in [0.1, 0.15) is 11.3 Å². The molecule has 2 aromatic rings. The van der Waals surface area contributed by atoms with Gasteiger partial charge in [0.05, 0.1) is 12.7 Å². The van der Waals surface area contributed by atoms with Gasteiger partial charge in [-0.15, -0.1) is 0 Å². The number of morpholine rings is 1. The summed E-state index contributed by atoms with van der Waals surface area (Å²) in [6.07, 6.45) is 4.12. The standard InChI is InChI=1S/C15H17FN2O2/c16-11-4-5-12-13(8-11)20-15(17-12)18-6-7-19-14(9-18)10-2-1-3-10/h4-5,8,10,14H,1-3,6-7,9H2/t14-/m0/s1. The topological polar surface area (TPSA) is 38.5 Å². The quantitative estimate of drug-likeness (QED) is 0.845. The fourth-order valence-corrected chi connectivity index (χ4v) is 2.97. The van der Waals surface area contributed by atoms with Gasteiger partial charge < -0.3 is 14.1 Å². The number of fused-ring (bicyclic) bond motifs is 1. The van der Waals surface area contributed by atoms with E-state index in [1.807, 2.05) is 0 Å². The summed E-state index contributed by atoms with van der Waals surface area (Å²) in [5.74, 6) is 0.383. The molecule has 0 N–H and O–H groups in total. The highest BCUT2D eigenvalue weighted by Gasteiger charge is 2.33. The zero-order chi connectivity index (χ0) is 13.5. The molecule has 1 aromatic heterocycles. The Bertz CT molecular complexity index is 623. The maximum Gasteiger partial charge on any atom is 0.298 e. The number of nitrogens with zero attached hydrogens (tertiary/aromatic N) is 2. The van der Waals surface area contributed by atoms with Crippen molar-refractivity contribution in [2.24, 2.45) is 5.92 Å². The first-order valence-electron chi connectivity index (χ1n) is 7.22. The molecule has 1 aliphatic carbocycles. The molecule has 1 saturated carbocycles. The van der Waals surface area contributed by atoms with E-state index in [9.17, 15) is 4.39 Å². The monoisotopic (exact) mass is 276 g/mol. The summed E-state index contributed by atoms with van der Waals surface area (Å²) < 4.78 is 24.7. The number of ether oxygens (including phenoxy) is 1. The molecule has 2 heterocycles. The third kappa shape index (κ3) is 2.06. The van der Waals surface area contributed by atoms with E-state index in [2.05, 4.69) is 9.88 Å². The second-order valence-corrected chi connectivity index (χ2v) is 5.65. The van der Waals surface area contributed by atoms with Gasteiger partial charge in [-0.2, -0.15) is 4.98 Å². The first kappa shape index (κ1) is 12.1. The number of benzene rings is 1. The largest absolute Gasteiger partial charge is 0.423 e. The highest BCUT2D eigenvalue weighted by Crippen LogP contribution is 2.34. The van der Waals surface area contributed by atoms with Crippen molar-refractivity contribution in [1.29, 1.82) is 0 Å². The molecule has 1 saturated heterocycles. The lowest BCUT2D eigenvalue weighted by molar-refractivity contribution is -0.0234. The van der Waals surface area contributed by atoms with Crippen LogP contribution in [-0.2, 0) is 4.74 Å². The Morgan fingerprint density at radius 3 is 3.00 bits per heavy atom. The van der Waals surface area contributed by atoms with Gasteiger partial charge in [-0.05, 0) is 30.9 Å². The number of oxazole rings is 1. The maximum absolute atomic E-state index is 13.2. The smallest absolute Gasteiger partial charge is 0.298 e. The minimum atomic E-state index is -0.297. The average molecular weight is 276 g/mol. The Labute approximate surface area is 116 Å². The van der Waals surface area contributed by atoms with E-state index in [1.54, 1.807) is 6.07 Å². The Morgan fingerprint density at radius 1 is 1.30 bits per heavy atom. The number of rotatable bonds is 2. The number of halogens is 1.